The molecule has 0 aliphatic carbocycles. The van der Waals surface area contributed by atoms with Gasteiger partial charge in [-0.3, -0.25) is 4.90 Å². The molecular formula is C12H25NO5. The van der Waals surface area contributed by atoms with E-state index < -0.39 is 30.7 Å². The van der Waals surface area contributed by atoms with Crippen LogP contribution in [0.2, 0.25) is 0 Å². The lowest BCUT2D eigenvalue weighted by Gasteiger charge is -2.34. The first-order valence-corrected chi connectivity index (χ1v) is 6.39. The van der Waals surface area contributed by atoms with Crippen LogP contribution in [0.25, 0.3) is 0 Å². The quantitative estimate of drug-likeness (QED) is 0.503. The van der Waals surface area contributed by atoms with Crippen molar-refractivity contribution in [1.82, 2.24) is 4.90 Å². The Morgan fingerprint density at radius 2 is 1.50 bits per heavy atom. The van der Waals surface area contributed by atoms with Gasteiger partial charge < -0.3 is 25.2 Å². The van der Waals surface area contributed by atoms with E-state index in [9.17, 15) is 20.4 Å². The molecule has 18 heavy (non-hydrogen) atoms. The van der Waals surface area contributed by atoms with Crippen molar-refractivity contribution in [3.05, 3.63) is 0 Å². The molecule has 1 fully saturated rings. The highest BCUT2D eigenvalue weighted by atomic mass is 16.6. The third kappa shape index (κ3) is 3.40. The summed E-state index contributed by atoms with van der Waals surface area (Å²) in [5.41, 5.74) is 0. The molecule has 1 saturated heterocycles. The Hall–Kier alpha value is -0.240. The maximum absolute atomic E-state index is 10.1. The predicted molar refractivity (Wildman–Crippen MR) is 65.9 cm³/mol. The third-order valence-electron chi connectivity index (χ3n) is 3.38. The molecule has 0 amide bonds. The molecule has 1 heterocycles. The summed E-state index contributed by atoms with van der Waals surface area (Å²) in [5, 5.41) is 38.4. The maximum Gasteiger partial charge on any atom is 0.184 e. The molecule has 6 heteroatoms. The molecule has 5 unspecified atom stereocenters. The molecule has 0 saturated carbocycles. The maximum atomic E-state index is 10.1. The van der Waals surface area contributed by atoms with Gasteiger partial charge in [0.05, 0.1) is 6.10 Å². The van der Waals surface area contributed by atoms with E-state index in [1.54, 1.807) is 0 Å². The van der Waals surface area contributed by atoms with Gasteiger partial charge in [-0.05, 0) is 27.7 Å². The molecule has 0 aromatic rings. The minimum absolute atomic E-state index is 0.244. The average molecular weight is 263 g/mol. The summed E-state index contributed by atoms with van der Waals surface area (Å²) < 4.78 is 4.99. The highest BCUT2D eigenvalue weighted by Crippen LogP contribution is 2.23. The number of aliphatic hydroxyl groups is 4. The first kappa shape index (κ1) is 15.8. The molecule has 1 rings (SSSR count). The van der Waals surface area contributed by atoms with Crippen molar-refractivity contribution in [3.8, 4) is 0 Å². The zero-order chi connectivity index (χ0) is 14.0. The molecular weight excluding hydrogens is 238 g/mol. The largest absolute Gasteiger partial charge is 0.389 e. The van der Waals surface area contributed by atoms with Gasteiger partial charge in [-0.2, -0.15) is 0 Å². The molecule has 0 bridgehead atoms. The molecule has 4 N–H and O–H groups in total. The highest BCUT2D eigenvalue weighted by molar-refractivity contribution is 4.91. The Kier molecular flexibility index (Phi) is 5.51. The summed E-state index contributed by atoms with van der Waals surface area (Å²) in [6.07, 6.45) is -6.00. The topological polar surface area (TPSA) is 93.4 Å². The zero-order valence-electron chi connectivity index (χ0n) is 11.4. The second kappa shape index (κ2) is 6.27. The van der Waals surface area contributed by atoms with Gasteiger partial charge in [0.2, 0.25) is 0 Å². The van der Waals surface area contributed by atoms with E-state index >= 15 is 0 Å². The van der Waals surface area contributed by atoms with Crippen molar-refractivity contribution in [1.29, 1.82) is 0 Å². The Labute approximate surface area is 108 Å². The van der Waals surface area contributed by atoms with Crippen molar-refractivity contribution < 1.29 is 25.2 Å². The fraction of sp³-hybridized carbons (Fsp3) is 1.00. The van der Waals surface area contributed by atoms with Gasteiger partial charge in [-0.1, -0.05) is 0 Å². The first-order valence-electron chi connectivity index (χ1n) is 6.39. The normalized spacial score (nSPS) is 34.8. The zero-order valence-corrected chi connectivity index (χ0v) is 11.4. The van der Waals surface area contributed by atoms with Crippen LogP contribution >= 0.6 is 0 Å². The second-order valence-electron chi connectivity index (χ2n) is 5.42. The van der Waals surface area contributed by atoms with Crippen molar-refractivity contribution in [2.45, 2.75) is 70.5 Å². The Balaban J connectivity index is 2.62. The monoisotopic (exact) mass is 263 g/mol. The summed E-state index contributed by atoms with van der Waals surface area (Å²) >= 11 is 0. The van der Waals surface area contributed by atoms with E-state index in [0.717, 1.165) is 0 Å². The number of nitrogens with zero attached hydrogens (tertiary/aromatic N) is 1. The van der Waals surface area contributed by atoms with E-state index in [4.69, 9.17) is 4.74 Å². The third-order valence-corrected chi connectivity index (χ3v) is 3.38. The van der Waals surface area contributed by atoms with Gasteiger partial charge in [-0.15, -0.1) is 0 Å². The number of hydrogen-bond donors (Lipinski definition) is 4. The fourth-order valence-corrected chi connectivity index (χ4v) is 2.34. The van der Waals surface area contributed by atoms with Crippen LogP contribution in [0.5, 0.6) is 0 Å². The minimum atomic E-state index is -1.44. The number of ether oxygens (including phenoxy) is 1. The summed E-state index contributed by atoms with van der Waals surface area (Å²) in [6, 6.07) is 0.487. The van der Waals surface area contributed by atoms with E-state index in [2.05, 4.69) is 4.90 Å². The molecule has 6 nitrogen and oxygen atoms in total. The highest BCUT2D eigenvalue weighted by Gasteiger charge is 2.45. The molecule has 0 aromatic heterocycles. The van der Waals surface area contributed by atoms with Crippen LogP contribution in [-0.2, 0) is 4.74 Å². The summed E-state index contributed by atoms with van der Waals surface area (Å²) in [7, 11) is 0. The summed E-state index contributed by atoms with van der Waals surface area (Å²) in [6.45, 7) is 8.38. The summed E-state index contributed by atoms with van der Waals surface area (Å²) in [5.74, 6) is 0. The number of rotatable bonds is 5. The molecule has 5 atom stereocenters. The van der Waals surface area contributed by atoms with Gasteiger partial charge in [0, 0.05) is 18.6 Å². The Morgan fingerprint density at radius 3 is 1.83 bits per heavy atom. The molecule has 1 aliphatic rings. The van der Waals surface area contributed by atoms with Crippen molar-refractivity contribution in [2.24, 2.45) is 0 Å². The first-order chi connectivity index (χ1) is 8.25. The van der Waals surface area contributed by atoms with Crippen molar-refractivity contribution in [3.63, 3.8) is 0 Å². The van der Waals surface area contributed by atoms with Gasteiger partial charge in [0.15, 0.2) is 6.29 Å². The lowest BCUT2D eigenvalue weighted by Crippen LogP contribution is -2.48. The fourth-order valence-electron chi connectivity index (χ4n) is 2.34. The van der Waals surface area contributed by atoms with Crippen LogP contribution < -0.4 is 0 Å². The van der Waals surface area contributed by atoms with Crippen LogP contribution in [-0.4, -0.2) is 74.7 Å². The van der Waals surface area contributed by atoms with Crippen molar-refractivity contribution in [2.75, 3.05) is 6.54 Å². The van der Waals surface area contributed by atoms with Gasteiger partial charge >= 0.3 is 0 Å². The predicted octanol–water partition coefficient (Wildman–Crippen LogP) is -1.09. The Bertz CT molecular complexity index is 253. The molecule has 0 aromatic carbocycles. The molecule has 108 valence electrons. The van der Waals surface area contributed by atoms with Crippen LogP contribution in [0.15, 0.2) is 0 Å². The van der Waals surface area contributed by atoms with E-state index in [-0.39, 0.29) is 12.1 Å². The lowest BCUT2D eigenvalue weighted by atomic mass is 10.0. The van der Waals surface area contributed by atoms with Gasteiger partial charge in [0.1, 0.15) is 18.3 Å². The smallest absolute Gasteiger partial charge is 0.184 e. The Morgan fingerprint density at radius 1 is 1.00 bits per heavy atom. The minimum Gasteiger partial charge on any atom is -0.389 e. The standard InChI is InChI=1S/C12H25NO5/c1-6(2)13(7(3)4)5-8(14)11-9(15)10(16)12(17)18-11/h6-12,14-17H,5H2,1-4H3. The average Bonchev–Trinajstić information content (AvgIpc) is 2.52. The van der Waals surface area contributed by atoms with Crippen molar-refractivity contribution >= 4 is 0 Å². The number of hydrogen-bond acceptors (Lipinski definition) is 6. The summed E-state index contributed by atoms with van der Waals surface area (Å²) in [4.78, 5) is 2.05. The molecule has 0 radical (unpaired) electrons. The van der Waals surface area contributed by atoms with Crippen LogP contribution in [0.3, 0.4) is 0 Å². The lowest BCUT2D eigenvalue weighted by molar-refractivity contribution is -0.149. The van der Waals surface area contributed by atoms with Crippen LogP contribution in [0, 0.1) is 0 Å². The second-order valence-corrected chi connectivity index (χ2v) is 5.42. The van der Waals surface area contributed by atoms with E-state index in [1.165, 1.54) is 0 Å². The van der Waals surface area contributed by atoms with Gasteiger partial charge in [0.25, 0.3) is 0 Å². The van der Waals surface area contributed by atoms with E-state index in [0.29, 0.717) is 6.54 Å². The molecule has 1 aliphatic heterocycles. The van der Waals surface area contributed by atoms with E-state index in [1.807, 2.05) is 27.7 Å². The van der Waals surface area contributed by atoms with Gasteiger partial charge in [-0.25, -0.2) is 0 Å². The van der Waals surface area contributed by atoms with Crippen LogP contribution in [0.1, 0.15) is 27.7 Å². The van der Waals surface area contributed by atoms with Crippen LogP contribution in [0.4, 0.5) is 0 Å². The molecule has 0 spiro atoms. The number of aliphatic hydroxyl groups excluding tert-OH is 4. The SMILES string of the molecule is CC(C)N(CC(O)C1OC(O)C(O)C1O)C(C)C.